The summed E-state index contributed by atoms with van der Waals surface area (Å²) in [5, 5.41) is 12.5. The lowest BCUT2D eigenvalue weighted by atomic mass is 10.3. The van der Waals surface area contributed by atoms with Crippen molar-refractivity contribution in [2.24, 2.45) is 10.7 Å². The first kappa shape index (κ1) is 18.4. The number of nitrogens with one attached hydrogen (secondary N) is 1. The highest BCUT2D eigenvalue weighted by Gasteiger charge is 2.32. The lowest BCUT2D eigenvalue weighted by molar-refractivity contribution is -0.274. The standard InChI is InChI=1S/C14H13ClF3N3O2S/c15-12-6-5-11(24-12)9(22)7-20-13(19)21-8-3-1-2-4-10(8)23-14(16,17)18/h1-6,9,22H,7H2,(H3,19,20,21). The second-order valence-electron chi connectivity index (χ2n) is 4.55. The molecule has 0 aliphatic rings. The van der Waals surface area contributed by atoms with Gasteiger partial charge < -0.3 is 20.9 Å². The third-order valence-corrected chi connectivity index (χ3v) is 4.06. The molecule has 0 aliphatic carbocycles. The highest BCUT2D eigenvalue weighted by molar-refractivity contribution is 7.16. The van der Waals surface area contributed by atoms with Crippen LogP contribution in [0.1, 0.15) is 11.0 Å². The van der Waals surface area contributed by atoms with Crippen LogP contribution in [-0.4, -0.2) is 24.0 Å². The Morgan fingerprint density at radius 2 is 2.04 bits per heavy atom. The van der Waals surface area contributed by atoms with Crippen molar-refractivity contribution < 1.29 is 23.0 Å². The monoisotopic (exact) mass is 379 g/mol. The minimum Gasteiger partial charge on any atom is -0.404 e. The third kappa shape index (κ3) is 5.59. The number of alkyl halides is 3. The quantitative estimate of drug-likeness (QED) is 0.546. The number of hydrogen-bond donors (Lipinski definition) is 3. The molecule has 0 radical (unpaired) electrons. The van der Waals surface area contributed by atoms with E-state index in [1.807, 2.05) is 0 Å². The molecule has 4 N–H and O–H groups in total. The second kappa shape index (κ2) is 7.73. The average molecular weight is 380 g/mol. The van der Waals surface area contributed by atoms with Crippen LogP contribution in [0.3, 0.4) is 0 Å². The molecular weight excluding hydrogens is 367 g/mol. The van der Waals surface area contributed by atoms with Gasteiger partial charge in [0.05, 0.1) is 16.6 Å². The first-order chi connectivity index (χ1) is 11.2. The summed E-state index contributed by atoms with van der Waals surface area (Å²) in [4.78, 5) is 4.51. The minimum atomic E-state index is -4.82. The van der Waals surface area contributed by atoms with Crippen molar-refractivity contribution in [3.8, 4) is 5.75 Å². The predicted molar refractivity (Wildman–Crippen MR) is 87.5 cm³/mol. The Labute approximate surface area is 144 Å². The van der Waals surface area contributed by atoms with Gasteiger partial charge in [-0.05, 0) is 24.3 Å². The number of para-hydroxylation sites is 2. The average Bonchev–Trinajstić information content (AvgIpc) is 2.92. The SMILES string of the molecule is NC(=NCC(O)c1ccc(Cl)s1)Nc1ccccc1OC(F)(F)F. The molecule has 1 aromatic carbocycles. The van der Waals surface area contributed by atoms with E-state index in [1.165, 1.54) is 29.5 Å². The highest BCUT2D eigenvalue weighted by Crippen LogP contribution is 2.30. The summed E-state index contributed by atoms with van der Waals surface area (Å²) >= 11 is 6.97. The number of hydrogen-bond acceptors (Lipinski definition) is 4. The van der Waals surface area contributed by atoms with E-state index < -0.39 is 18.2 Å². The van der Waals surface area contributed by atoms with Crippen molar-refractivity contribution in [2.75, 3.05) is 11.9 Å². The fraction of sp³-hybridized carbons (Fsp3) is 0.214. The van der Waals surface area contributed by atoms with Gasteiger partial charge in [0.1, 0.15) is 6.10 Å². The molecule has 0 saturated heterocycles. The van der Waals surface area contributed by atoms with Crippen LogP contribution in [-0.2, 0) is 0 Å². The molecule has 0 saturated carbocycles. The van der Waals surface area contributed by atoms with E-state index in [4.69, 9.17) is 17.3 Å². The number of aliphatic imine (C=N–C) groups is 1. The topological polar surface area (TPSA) is 79.9 Å². The van der Waals surface area contributed by atoms with Crippen molar-refractivity contribution in [3.63, 3.8) is 0 Å². The van der Waals surface area contributed by atoms with Crippen LogP contribution >= 0.6 is 22.9 Å². The Kier molecular flexibility index (Phi) is 5.92. The Balaban J connectivity index is 2.02. The molecule has 0 aliphatic heterocycles. The number of nitrogens with two attached hydrogens (primary N) is 1. The lowest BCUT2D eigenvalue weighted by Crippen LogP contribution is -2.25. The normalized spacial score (nSPS) is 13.6. The molecule has 1 atom stereocenters. The number of aliphatic hydroxyl groups is 1. The van der Waals surface area contributed by atoms with Gasteiger partial charge in [0, 0.05) is 4.88 Å². The van der Waals surface area contributed by atoms with Gasteiger partial charge in [-0.2, -0.15) is 0 Å². The maximum Gasteiger partial charge on any atom is 0.573 e. The fourth-order valence-corrected chi connectivity index (χ4v) is 2.78. The van der Waals surface area contributed by atoms with Crippen molar-refractivity contribution >= 4 is 34.6 Å². The second-order valence-corrected chi connectivity index (χ2v) is 6.30. The molecule has 2 aromatic rings. The van der Waals surface area contributed by atoms with E-state index in [-0.39, 0.29) is 18.2 Å². The number of nitrogens with zero attached hydrogens (tertiary/aromatic N) is 1. The Morgan fingerprint density at radius 3 is 2.67 bits per heavy atom. The summed E-state index contributed by atoms with van der Waals surface area (Å²) in [6.07, 6.45) is -5.73. The summed E-state index contributed by atoms with van der Waals surface area (Å²) in [5.41, 5.74) is 5.64. The van der Waals surface area contributed by atoms with Gasteiger partial charge in [0.2, 0.25) is 0 Å². The fourth-order valence-electron chi connectivity index (χ4n) is 1.74. The van der Waals surface area contributed by atoms with Crippen LogP contribution in [0.5, 0.6) is 5.75 Å². The Bertz CT molecular complexity index is 721. The van der Waals surface area contributed by atoms with Gasteiger partial charge in [-0.25, -0.2) is 0 Å². The van der Waals surface area contributed by atoms with E-state index in [1.54, 1.807) is 12.1 Å². The summed E-state index contributed by atoms with van der Waals surface area (Å²) in [5.74, 6) is -0.594. The van der Waals surface area contributed by atoms with E-state index >= 15 is 0 Å². The number of rotatable bonds is 5. The Hall–Kier alpha value is -1.97. The van der Waals surface area contributed by atoms with Crippen molar-refractivity contribution in [3.05, 3.63) is 45.6 Å². The van der Waals surface area contributed by atoms with Crippen molar-refractivity contribution in [1.29, 1.82) is 0 Å². The molecular formula is C14H13ClF3N3O2S. The van der Waals surface area contributed by atoms with Gasteiger partial charge in [0.25, 0.3) is 0 Å². The van der Waals surface area contributed by atoms with Gasteiger partial charge in [-0.3, -0.25) is 4.99 Å². The molecule has 10 heteroatoms. The van der Waals surface area contributed by atoms with Gasteiger partial charge in [0.15, 0.2) is 11.7 Å². The number of thiophene rings is 1. The molecule has 1 unspecified atom stereocenters. The van der Waals surface area contributed by atoms with Crippen LogP contribution in [0.25, 0.3) is 0 Å². The number of halogens is 4. The van der Waals surface area contributed by atoms with Crippen LogP contribution in [0.4, 0.5) is 18.9 Å². The third-order valence-electron chi connectivity index (χ3n) is 2.73. The molecule has 0 bridgehead atoms. The van der Waals surface area contributed by atoms with E-state index in [2.05, 4.69) is 15.0 Å². The molecule has 2 rings (SSSR count). The zero-order chi connectivity index (χ0) is 17.7. The first-order valence-corrected chi connectivity index (χ1v) is 7.79. The molecule has 0 amide bonds. The van der Waals surface area contributed by atoms with Gasteiger partial charge in [-0.1, -0.05) is 23.7 Å². The molecule has 24 heavy (non-hydrogen) atoms. The number of anilines is 1. The number of aliphatic hydroxyl groups excluding tert-OH is 1. The lowest BCUT2D eigenvalue weighted by Gasteiger charge is -2.14. The smallest absolute Gasteiger partial charge is 0.404 e. The van der Waals surface area contributed by atoms with E-state index in [0.717, 1.165) is 6.07 Å². The van der Waals surface area contributed by atoms with Crippen molar-refractivity contribution in [2.45, 2.75) is 12.5 Å². The summed E-state index contributed by atoms with van der Waals surface area (Å²) < 4.78 is 41.5. The van der Waals surface area contributed by atoms with Gasteiger partial charge in [-0.15, -0.1) is 24.5 Å². The van der Waals surface area contributed by atoms with E-state index in [0.29, 0.717) is 9.21 Å². The number of benzene rings is 1. The molecule has 1 heterocycles. The molecule has 0 fully saturated rings. The zero-order valence-electron chi connectivity index (χ0n) is 12.0. The van der Waals surface area contributed by atoms with E-state index in [9.17, 15) is 18.3 Å². The van der Waals surface area contributed by atoms with Gasteiger partial charge >= 0.3 is 6.36 Å². The number of guanidine groups is 1. The molecule has 1 aromatic heterocycles. The molecule has 130 valence electrons. The molecule has 0 spiro atoms. The summed E-state index contributed by atoms with van der Waals surface area (Å²) in [6, 6.07) is 8.71. The minimum absolute atomic E-state index is 0.00438. The van der Waals surface area contributed by atoms with Crippen LogP contribution in [0, 0.1) is 0 Å². The summed E-state index contributed by atoms with van der Waals surface area (Å²) in [6.45, 7) is -0.0715. The molecule has 5 nitrogen and oxygen atoms in total. The van der Waals surface area contributed by atoms with Crippen molar-refractivity contribution in [1.82, 2.24) is 0 Å². The summed E-state index contributed by atoms with van der Waals surface area (Å²) in [7, 11) is 0. The Morgan fingerprint density at radius 1 is 1.33 bits per heavy atom. The highest BCUT2D eigenvalue weighted by atomic mass is 35.5. The maximum atomic E-state index is 12.3. The van der Waals surface area contributed by atoms with Crippen LogP contribution < -0.4 is 15.8 Å². The maximum absolute atomic E-state index is 12.3. The zero-order valence-corrected chi connectivity index (χ0v) is 13.6. The van der Waals surface area contributed by atoms with Crippen LogP contribution in [0.2, 0.25) is 4.34 Å². The number of ether oxygens (including phenoxy) is 1. The van der Waals surface area contributed by atoms with Crippen LogP contribution in [0.15, 0.2) is 41.4 Å². The largest absolute Gasteiger partial charge is 0.573 e. The first-order valence-electron chi connectivity index (χ1n) is 6.59. The predicted octanol–water partition coefficient (Wildman–Crippen LogP) is 3.76.